The molecule has 1 aromatic carbocycles. The highest BCUT2D eigenvalue weighted by Crippen LogP contribution is 2.33. The average molecular weight is 377 g/mol. The van der Waals surface area contributed by atoms with Crippen molar-refractivity contribution < 1.29 is 22.7 Å². The van der Waals surface area contributed by atoms with Crippen molar-refractivity contribution in [3.63, 3.8) is 0 Å². The average Bonchev–Trinajstić information content (AvgIpc) is 3.11. The number of nitrogens with zero attached hydrogens (tertiary/aromatic N) is 3. The van der Waals surface area contributed by atoms with E-state index in [0.29, 0.717) is 30.2 Å². The van der Waals surface area contributed by atoms with Gasteiger partial charge in [-0.1, -0.05) is 0 Å². The number of likely N-dealkylation sites (N-methyl/N-ethyl adjacent to an activating group) is 1. The highest BCUT2D eigenvalue weighted by Gasteiger charge is 2.33. The molecule has 0 N–H and O–H groups in total. The Morgan fingerprint density at radius 1 is 1.12 bits per heavy atom. The number of piperidine rings is 1. The number of rotatable bonds is 2. The number of allylic oxidation sites excluding steroid dienone is 1. The van der Waals surface area contributed by atoms with Crippen LogP contribution in [0.2, 0.25) is 0 Å². The van der Waals surface area contributed by atoms with Gasteiger partial charge in [-0.05, 0) is 43.5 Å². The minimum atomic E-state index is -3.97. The zero-order chi connectivity index (χ0) is 18.3. The first kappa shape index (κ1) is 16.9. The van der Waals surface area contributed by atoms with Crippen molar-refractivity contribution in [1.82, 2.24) is 9.21 Å². The van der Waals surface area contributed by atoms with Crippen LogP contribution in [-0.4, -0.2) is 56.2 Å². The maximum Gasteiger partial charge on any atom is 0.345 e. The highest BCUT2D eigenvalue weighted by atomic mass is 32.2. The maximum absolute atomic E-state index is 12.9. The Morgan fingerprint density at radius 3 is 2.62 bits per heavy atom. The van der Waals surface area contributed by atoms with Gasteiger partial charge < -0.3 is 14.4 Å². The third-order valence-electron chi connectivity index (χ3n) is 4.70. The molecule has 9 heteroatoms. The van der Waals surface area contributed by atoms with Crippen LogP contribution in [0.4, 0.5) is 0 Å². The van der Waals surface area contributed by atoms with Crippen LogP contribution >= 0.6 is 0 Å². The molecule has 26 heavy (non-hydrogen) atoms. The Kier molecular flexibility index (Phi) is 4.10. The summed E-state index contributed by atoms with van der Waals surface area (Å²) in [4.78, 5) is 14.6. The van der Waals surface area contributed by atoms with Crippen molar-refractivity contribution in [2.75, 3.05) is 26.9 Å². The topological polar surface area (TPSA) is 88.5 Å². The maximum atomic E-state index is 12.9. The second-order valence-corrected chi connectivity index (χ2v) is 8.00. The lowest BCUT2D eigenvalue weighted by molar-refractivity contribution is -0.129. The lowest BCUT2D eigenvalue weighted by Gasteiger charge is -2.31. The van der Waals surface area contributed by atoms with E-state index in [4.69, 9.17) is 9.47 Å². The van der Waals surface area contributed by atoms with Crippen LogP contribution in [0.15, 0.2) is 34.4 Å². The van der Waals surface area contributed by atoms with Gasteiger partial charge in [-0.25, -0.2) is 4.31 Å². The van der Waals surface area contributed by atoms with Gasteiger partial charge >= 0.3 is 10.2 Å². The first-order chi connectivity index (χ1) is 12.5. The van der Waals surface area contributed by atoms with E-state index < -0.39 is 10.2 Å². The van der Waals surface area contributed by atoms with Gasteiger partial charge in [0.1, 0.15) is 5.70 Å². The lowest BCUT2D eigenvalue weighted by Crippen LogP contribution is -2.43. The summed E-state index contributed by atoms with van der Waals surface area (Å²) in [5.74, 6) is 0.835. The molecular weight excluding hydrogens is 358 g/mol. The zero-order valence-electron chi connectivity index (χ0n) is 14.3. The van der Waals surface area contributed by atoms with Crippen molar-refractivity contribution in [1.29, 1.82) is 0 Å². The number of carbonyl (C=O) groups is 1. The number of ether oxygens (including phenoxy) is 2. The summed E-state index contributed by atoms with van der Waals surface area (Å²) in [6.07, 6.45) is 4.47. The van der Waals surface area contributed by atoms with E-state index in [-0.39, 0.29) is 24.1 Å². The minimum Gasteiger partial charge on any atom is -0.454 e. The second-order valence-electron chi connectivity index (χ2n) is 6.37. The van der Waals surface area contributed by atoms with Crippen molar-refractivity contribution >= 4 is 21.8 Å². The van der Waals surface area contributed by atoms with Crippen LogP contribution in [0.3, 0.4) is 0 Å². The summed E-state index contributed by atoms with van der Waals surface area (Å²) in [6.45, 7) is 1.40. The molecule has 0 unspecified atom stereocenters. The molecule has 3 aliphatic heterocycles. The van der Waals surface area contributed by atoms with E-state index in [1.54, 1.807) is 23.1 Å². The monoisotopic (exact) mass is 377 g/mol. The van der Waals surface area contributed by atoms with Gasteiger partial charge in [-0.3, -0.25) is 4.79 Å². The molecule has 0 spiro atoms. The molecule has 1 aromatic rings. The first-order valence-corrected chi connectivity index (χ1v) is 9.85. The van der Waals surface area contributed by atoms with Crippen molar-refractivity contribution in [3.05, 3.63) is 35.5 Å². The van der Waals surface area contributed by atoms with E-state index in [0.717, 1.165) is 23.6 Å². The molecule has 4 rings (SSSR count). The molecule has 8 nitrogen and oxygen atoms in total. The summed E-state index contributed by atoms with van der Waals surface area (Å²) in [7, 11) is -2.62. The number of hydrogen-bond donors (Lipinski definition) is 0. The molecule has 1 saturated heterocycles. The molecule has 3 aliphatic rings. The van der Waals surface area contributed by atoms with Gasteiger partial charge in [-0.15, -0.1) is 4.40 Å². The smallest absolute Gasteiger partial charge is 0.345 e. The van der Waals surface area contributed by atoms with Gasteiger partial charge in [-0.2, -0.15) is 8.42 Å². The molecule has 0 radical (unpaired) electrons. The third-order valence-corrected chi connectivity index (χ3v) is 6.02. The van der Waals surface area contributed by atoms with Gasteiger partial charge in [0.25, 0.3) is 5.91 Å². The molecule has 0 aromatic heterocycles. The Bertz CT molecular complexity index is 916. The summed E-state index contributed by atoms with van der Waals surface area (Å²) in [5, 5.41) is 0. The van der Waals surface area contributed by atoms with Gasteiger partial charge in [0.2, 0.25) is 6.79 Å². The number of carbonyl (C=O) groups excluding carboxylic acids is 1. The van der Waals surface area contributed by atoms with Crippen LogP contribution in [0.5, 0.6) is 11.5 Å². The quantitative estimate of drug-likeness (QED) is 0.775. The Balaban J connectivity index is 1.72. The van der Waals surface area contributed by atoms with E-state index in [1.807, 2.05) is 0 Å². The van der Waals surface area contributed by atoms with E-state index in [2.05, 4.69) is 4.40 Å². The normalized spacial score (nSPS) is 21.3. The summed E-state index contributed by atoms with van der Waals surface area (Å²) >= 11 is 0. The fourth-order valence-corrected chi connectivity index (χ4v) is 4.11. The summed E-state index contributed by atoms with van der Waals surface area (Å²) in [5.41, 5.74) is 0.867. The predicted molar refractivity (Wildman–Crippen MR) is 94.3 cm³/mol. The minimum absolute atomic E-state index is 0.106. The number of hydrogen-bond acceptors (Lipinski definition) is 5. The van der Waals surface area contributed by atoms with E-state index >= 15 is 0 Å². The number of fused-ring (bicyclic) bond motifs is 1. The largest absolute Gasteiger partial charge is 0.454 e. The molecule has 1 fully saturated rings. The molecule has 0 saturated carbocycles. The lowest BCUT2D eigenvalue weighted by atomic mass is 10.1. The van der Waals surface area contributed by atoms with Crippen LogP contribution < -0.4 is 9.47 Å². The fraction of sp³-hybridized carbons (Fsp3) is 0.412. The molecule has 0 aliphatic carbocycles. The van der Waals surface area contributed by atoms with Gasteiger partial charge in [0.05, 0.1) is 5.71 Å². The molecule has 3 heterocycles. The zero-order valence-corrected chi connectivity index (χ0v) is 15.2. The molecule has 1 amide bonds. The summed E-state index contributed by atoms with van der Waals surface area (Å²) < 4.78 is 40.3. The van der Waals surface area contributed by atoms with Crippen LogP contribution in [0.1, 0.15) is 24.8 Å². The van der Waals surface area contributed by atoms with E-state index in [1.165, 1.54) is 13.1 Å². The Labute approximate surface area is 151 Å². The predicted octanol–water partition coefficient (Wildman–Crippen LogP) is 1.29. The fourth-order valence-electron chi connectivity index (χ4n) is 3.20. The second kappa shape index (κ2) is 6.31. The van der Waals surface area contributed by atoms with Crippen molar-refractivity contribution in [2.45, 2.75) is 19.3 Å². The van der Waals surface area contributed by atoms with Crippen LogP contribution in [0.25, 0.3) is 0 Å². The molecule has 138 valence electrons. The van der Waals surface area contributed by atoms with Gasteiger partial charge in [0, 0.05) is 25.7 Å². The standard InChI is InChI=1S/C17H19N3O5S/c1-19-14(17(21)20-7-3-2-4-8-20)10-13(18-26(19,22)23)12-5-6-15-16(9-12)25-11-24-15/h5-6,9-10H,2-4,7-8,11H2,1H3. The first-order valence-electron chi connectivity index (χ1n) is 8.45. The third kappa shape index (κ3) is 2.92. The highest BCUT2D eigenvalue weighted by molar-refractivity contribution is 7.88. The molecular formula is C17H19N3O5S. The summed E-state index contributed by atoms with van der Waals surface area (Å²) in [6, 6.07) is 5.07. The van der Waals surface area contributed by atoms with Gasteiger partial charge in [0.15, 0.2) is 11.5 Å². The number of benzene rings is 1. The van der Waals surface area contributed by atoms with Crippen LogP contribution in [0, 0.1) is 0 Å². The Hall–Kier alpha value is -2.55. The van der Waals surface area contributed by atoms with Crippen LogP contribution in [-0.2, 0) is 15.0 Å². The van der Waals surface area contributed by atoms with Crippen molar-refractivity contribution in [3.8, 4) is 11.5 Å². The number of amides is 1. The van der Waals surface area contributed by atoms with Crippen molar-refractivity contribution in [2.24, 2.45) is 4.40 Å². The Morgan fingerprint density at radius 2 is 1.85 bits per heavy atom. The SMILES string of the molecule is CN1C(C(=O)N2CCCCC2)=CC(c2ccc3c(c2)OCO3)=NS1(=O)=O. The molecule has 0 bridgehead atoms. The number of likely N-dealkylation sites (tertiary alicyclic amines) is 1. The van der Waals surface area contributed by atoms with E-state index in [9.17, 15) is 13.2 Å². The molecule has 0 atom stereocenters.